The van der Waals surface area contributed by atoms with Crippen molar-refractivity contribution in [2.45, 2.75) is 19.4 Å². The van der Waals surface area contributed by atoms with Gasteiger partial charge in [-0.1, -0.05) is 36.4 Å². The SMILES string of the molecule is Br.CN(C)Cc1ccc(N=C(c2ccc(CCC(=O)O)cc2)c2c(O)[nH]c3cc(F)ccc23)cc1. The van der Waals surface area contributed by atoms with Gasteiger partial charge in [0.25, 0.3) is 0 Å². The highest BCUT2D eigenvalue weighted by Gasteiger charge is 2.19. The molecular weight excluding hydrogens is 513 g/mol. The molecule has 0 saturated carbocycles. The molecule has 0 amide bonds. The van der Waals surface area contributed by atoms with Crippen molar-refractivity contribution in [1.29, 1.82) is 0 Å². The smallest absolute Gasteiger partial charge is 0.303 e. The molecule has 182 valence electrons. The van der Waals surface area contributed by atoms with E-state index in [-0.39, 0.29) is 29.3 Å². The summed E-state index contributed by atoms with van der Waals surface area (Å²) in [5, 5.41) is 20.3. The molecular formula is C27H27BrFN3O3. The molecule has 4 rings (SSSR count). The number of nitrogens with one attached hydrogen (secondary N) is 1. The quantitative estimate of drug-likeness (QED) is 0.245. The average molecular weight is 540 g/mol. The Balaban J connectivity index is 0.00000342. The molecule has 0 aliphatic carbocycles. The maximum atomic E-state index is 13.8. The second-order valence-electron chi connectivity index (χ2n) is 8.49. The zero-order chi connectivity index (χ0) is 24.2. The summed E-state index contributed by atoms with van der Waals surface area (Å²) in [5.74, 6) is -1.35. The van der Waals surface area contributed by atoms with Gasteiger partial charge in [-0.25, -0.2) is 9.38 Å². The highest BCUT2D eigenvalue weighted by atomic mass is 79.9. The first kappa shape index (κ1) is 26.1. The number of aliphatic imine (C=N–C) groups is 1. The molecule has 1 heterocycles. The molecule has 4 aromatic rings. The van der Waals surface area contributed by atoms with E-state index in [1.165, 1.54) is 12.1 Å². The predicted octanol–water partition coefficient (Wildman–Crippen LogP) is 5.84. The largest absolute Gasteiger partial charge is 0.494 e. The van der Waals surface area contributed by atoms with E-state index in [9.17, 15) is 14.3 Å². The molecule has 3 aromatic carbocycles. The number of fused-ring (bicyclic) bond motifs is 1. The summed E-state index contributed by atoms with van der Waals surface area (Å²) in [6, 6.07) is 19.6. The van der Waals surface area contributed by atoms with Crippen LogP contribution >= 0.6 is 17.0 Å². The Bertz CT molecular complexity index is 1350. The Morgan fingerprint density at radius 1 is 1.00 bits per heavy atom. The van der Waals surface area contributed by atoms with Gasteiger partial charge in [0.05, 0.1) is 22.5 Å². The van der Waals surface area contributed by atoms with Crippen LogP contribution in [0.25, 0.3) is 10.9 Å². The monoisotopic (exact) mass is 539 g/mol. The Morgan fingerprint density at radius 2 is 1.66 bits per heavy atom. The number of benzene rings is 3. The number of aromatic nitrogens is 1. The lowest BCUT2D eigenvalue weighted by Gasteiger charge is -2.11. The third kappa shape index (κ3) is 6.35. The summed E-state index contributed by atoms with van der Waals surface area (Å²) in [7, 11) is 4.01. The molecule has 35 heavy (non-hydrogen) atoms. The topological polar surface area (TPSA) is 88.9 Å². The molecule has 0 radical (unpaired) electrons. The number of halogens is 2. The number of aliphatic carboxylic acids is 1. The van der Waals surface area contributed by atoms with Gasteiger partial charge in [0.1, 0.15) is 5.82 Å². The van der Waals surface area contributed by atoms with Crippen molar-refractivity contribution >= 4 is 45.3 Å². The van der Waals surface area contributed by atoms with E-state index in [1.54, 1.807) is 6.07 Å². The minimum atomic E-state index is -0.847. The molecule has 0 atom stereocenters. The number of carboxylic acids is 1. The molecule has 0 unspecified atom stereocenters. The fourth-order valence-electron chi connectivity index (χ4n) is 3.91. The van der Waals surface area contributed by atoms with Crippen LogP contribution in [0.3, 0.4) is 0 Å². The van der Waals surface area contributed by atoms with E-state index in [4.69, 9.17) is 10.1 Å². The van der Waals surface area contributed by atoms with Crippen LogP contribution in [0.15, 0.2) is 71.7 Å². The number of rotatable bonds is 8. The van der Waals surface area contributed by atoms with E-state index in [0.29, 0.717) is 34.3 Å². The standard InChI is InChI=1S/C27H26FN3O3.BrH/c1-31(2)16-18-5-11-21(12-6-18)29-26(19-8-3-17(4-9-19)7-14-24(32)33)25-22-13-10-20(28)15-23(22)30-27(25)34;/h3-6,8-13,15,30,34H,7,14,16H2,1-2H3,(H,32,33);1H. The number of aromatic amines is 1. The molecule has 0 fully saturated rings. The molecule has 8 heteroatoms. The number of aryl methyl sites for hydroxylation is 1. The predicted molar refractivity (Wildman–Crippen MR) is 142 cm³/mol. The summed E-state index contributed by atoms with van der Waals surface area (Å²) < 4.78 is 13.8. The fourth-order valence-corrected chi connectivity index (χ4v) is 3.91. The van der Waals surface area contributed by atoms with Crippen LogP contribution in [0.4, 0.5) is 10.1 Å². The van der Waals surface area contributed by atoms with Crippen LogP contribution < -0.4 is 0 Å². The summed E-state index contributed by atoms with van der Waals surface area (Å²) in [6.45, 7) is 0.809. The summed E-state index contributed by atoms with van der Waals surface area (Å²) >= 11 is 0. The van der Waals surface area contributed by atoms with Crippen molar-refractivity contribution in [1.82, 2.24) is 9.88 Å². The molecule has 1 aromatic heterocycles. The van der Waals surface area contributed by atoms with Gasteiger partial charge in [-0.3, -0.25) is 4.79 Å². The van der Waals surface area contributed by atoms with E-state index in [2.05, 4.69) is 9.88 Å². The number of carbonyl (C=O) groups is 1. The maximum absolute atomic E-state index is 13.8. The molecule has 0 aliphatic heterocycles. The molecule has 0 bridgehead atoms. The third-order valence-electron chi connectivity index (χ3n) is 5.51. The highest BCUT2D eigenvalue weighted by molar-refractivity contribution is 8.93. The van der Waals surface area contributed by atoms with Crippen molar-refractivity contribution < 1.29 is 19.4 Å². The number of hydrogen-bond donors (Lipinski definition) is 3. The summed E-state index contributed by atoms with van der Waals surface area (Å²) in [5.41, 5.74) is 4.98. The summed E-state index contributed by atoms with van der Waals surface area (Å²) in [4.78, 5) is 20.7. The van der Waals surface area contributed by atoms with Crippen LogP contribution in [0.1, 0.15) is 28.7 Å². The number of H-pyrrole nitrogens is 1. The number of hydrogen-bond acceptors (Lipinski definition) is 4. The van der Waals surface area contributed by atoms with E-state index < -0.39 is 11.8 Å². The first-order valence-corrected chi connectivity index (χ1v) is 10.9. The van der Waals surface area contributed by atoms with Gasteiger partial charge in [0.2, 0.25) is 0 Å². The molecule has 0 saturated heterocycles. The average Bonchev–Trinajstić information content (AvgIpc) is 3.11. The second kappa shape index (κ2) is 11.3. The molecule has 0 spiro atoms. The number of aromatic hydroxyl groups is 1. The van der Waals surface area contributed by atoms with Crippen LogP contribution in [0.5, 0.6) is 5.88 Å². The van der Waals surface area contributed by atoms with Gasteiger partial charge in [-0.2, -0.15) is 0 Å². The Kier molecular flexibility index (Phi) is 8.43. The third-order valence-corrected chi connectivity index (χ3v) is 5.51. The molecule has 0 aliphatic rings. The van der Waals surface area contributed by atoms with Crippen molar-refractivity contribution in [3.63, 3.8) is 0 Å². The van der Waals surface area contributed by atoms with E-state index >= 15 is 0 Å². The number of carboxylic acid groups (broad SMARTS) is 1. The Hall–Kier alpha value is -3.49. The minimum absolute atomic E-state index is 0. The normalized spacial score (nSPS) is 11.6. The second-order valence-corrected chi connectivity index (χ2v) is 8.49. The van der Waals surface area contributed by atoms with Gasteiger partial charge in [0.15, 0.2) is 5.88 Å². The zero-order valence-corrected chi connectivity index (χ0v) is 21.2. The van der Waals surface area contributed by atoms with Crippen LogP contribution in [0, 0.1) is 5.82 Å². The zero-order valence-electron chi connectivity index (χ0n) is 19.5. The molecule has 6 nitrogen and oxygen atoms in total. The first-order chi connectivity index (χ1) is 16.3. The minimum Gasteiger partial charge on any atom is -0.494 e. The van der Waals surface area contributed by atoms with Crippen LogP contribution in [-0.2, 0) is 17.8 Å². The van der Waals surface area contributed by atoms with Gasteiger partial charge in [-0.15, -0.1) is 17.0 Å². The lowest BCUT2D eigenvalue weighted by atomic mass is 9.98. The first-order valence-electron chi connectivity index (χ1n) is 10.9. The lowest BCUT2D eigenvalue weighted by molar-refractivity contribution is -0.136. The van der Waals surface area contributed by atoms with Crippen LogP contribution in [-0.4, -0.2) is 45.9 Å². The van der Waals surface area contributed by atoms with Crippen molar-refractivity contribution in [2.75, 3.05) is 14.1 Å². The highest BCUT2D eigenvalue weighted by Crippen LogP contribution is 2.32. The van der Waals surface area contributed by atoms with Crippen LogP contribution in [0.2, 0.25) is 0 Å². The summed E-state index contributed by atoms with van der Waals surface area (Å²) in [6.07, 6.45) is 0.474. The van der Waals surface area contributed by atoms with Gasteiger partial charge < -0.3 is 20.1 Å². The van der Waals surface area contributed by atoms with Gasteiger partial charge in [0, 0.05) is 23.9 Å². The molecule has 3 N–H and O–H groups in total. The van der Waals surface area contributed by atoms with Crippen molar-refractivity contribution in [3.8, 4) is 5.88 Å². The van der Waals surface area contributed by atoms with E-state index in [0.717, 1.165) is 23.2 Å². The van der Waals surface area contributed by atoms with E-state index in [1.807, 2.05) is 62.6 Å². The van der Waals surface area contributed by atoms with Gasteiger partial charge >= 0.3 is 5.97 Å². The van der Waals surface area contributed by atoms with Crippen molar-refractivity contribution in [3.05, 3.63) is 94.8 Å². The number of nitrogens with zero attached hydrogens (tertiary/aromatic N) is 2. The Morgan fingerprint density at radius 3 is 2.29 bits per heavy atom. The maximum Gasteiger partial charge on any atom is 0.303 e. The lowest BCUT2D eigenvalue weighted by Crippen LogP contribution is -2.10. The fraction of sp³-hybridized carbons (Fsp3) is 0.185. The van der Waals surface area contributed by atoms with Gasteiger partial charge in [-0.05, 0) is 62.0 Å². The van der Waals surface area contributed by atoms with Crippen molar-refractivity contribution in [2.24, 2.45) is 4.99 Å². The Labute approximate surface area is 213 Å².